The molecular weight excluding hydrogens is 492 g/mol. The number of rotatable bonds is 3. The zero-order chi connectivity index (χ0) is 21.4. The van der Waals surface area contributed by atoms with E-state index in [9.17, 15) is 5.11 Å². The van der Waals surface area contributed by atoms with Gasteiger partial charge in [0.2, 0.25) is 0 Å². The maximum atomic E-state index is 10.9. The number of benzene rings is 2. The first kappa shape index (κ1) is 25.6. The van der Waals surface area contributed by atoms with Gasteiger partial charge >= 0.3 is 37.9 Å². The van der Waals surface area contributed by atoms with Crippen molar-refractivity contribution in [1.82, 2.24) is 0 Å². The molecule has 0 heterocycles. The SMILES string of the molecule is Oc1c(C=Nc2ccccc2)cccc1C1CCCCCCCCCCC1.[Cl][Zr][Cl]. The number of phenolic OH excluding ortho intramolecular Hbond substituents is 1. The molecule has 1 fully saturated rings. The van der Waals surface area contributed by atoms with Crippen LogP contribution in [0.25, 0.3) is 0 Å². The van der Waals surface area contributed by atoms with Crippen LogP contribution in [0.3, 0.4) is 0 Å². The van der Waals surface area contributed by atoms with Crippen molar-refractivity contribution in [1.29, 1.82) is 0 Å². The summed E-state index contributed by atoms with van der Waals surface area (Å²) in [6.45, 7) is 0. The molecule has 1 aliphatic carbocycles. The van der Waals surface area contributed by atoms with Gasteiger partial charge in [0, 0.05) is 11.8 Å². The van der Waals surface area contributed by atoms with E-state index in [2.05, 4.69) is 17.1 Å². The molecule has 1 saturated carbocycles. The van der Waals surface area contributed by atoms with E-state index in [-0.39, 0.29) is 0 Å². The van der Waals surface area contributed by atoms with E-state index in [1.807, 2.05) is 36.4 Å². The van der Waals surface area contributed by atoms with Crippen LogP contribution in [-0.2, 0) is 20.8 Å². The van der Waals surface area contributed by atoms with E-state index in [0.717, 1.165) is 16.8 Å². The third-order valence-electron chi connectivity index (χ3n) is 5.75. The van der Waals surface area contributed by atoms with Gasteiger partial charge in [-0.2, -0.15) is 0 Å². The van der Waals surface area contributed by atoms with Gasteiger partial charge in [-0.15, -0.1) is 0 Å². The number of hydrogen-bond donors (Lipinski definition) is 1. The molecule has 3 rings (SSSR count). The predicted molar refractivity (Wildman–Crippen MR) is 127 cm³/mol. The molecule has 2 aromatic rings. The zero-order valence-electron chi connectivity index (χ0n) is 17.7. The summed E-state index contributed by atoms with van der Waals surface area (Å²) in [5.41, 5.74) is 2.85. The second kappa shape index (κ2) is 16.1. The third kappa shape index (κ3) is 9.67. The molecule has 0 aliphatic heterocycles. The van der Waals surface area contributed by atoms with Crippen molar-refractivity contribution in [2.24, 2.45) is 4.99 Å². The standard InChI is InChI=1S/C25H33NO.2ClH.Zr/c27-25-22(20-26-23-17-11-8-12-18-23)16-13-19-24(25)21-14-9-6-4-2-1-3-5-7-10-15-21;;;/h8,11-13,16-21,27H,1-7,9-10,14-15H2;2*1H;/q;;;+2/p-2. The fourth-order valence-corrected chi connectivity index (χ4v) is 4.15. The predicted octanol–water partition coefficient (Wildman–Crippen LogP) is 8.91. The molecule has 0 bridgehead atoms. The Labute approximate surface area is 200 Å². The van der Waals surface area contributed by atoms with E-state index >= 15 is 0 Å². The van der Waals surface area contributed by atoms with Crippen molar-refractivity contribution < 1.29 is 26.0 Å². The van der Waals surface area contributed by atoms with E-state index in [1.54, 1.807) is 6.21 Å². The maximum absolute atomic E-state index is 10.9. The quantitative estimate of drug-likeness (QED) is 0.399. The summed E-state index contributed by atoms with van der Waals surface area (Å²) in [5.74, 6) is 0.892. The molecule has 162 valence electrons. The number of hydrogen-bond acceptors (Lipinski definition) is 2. The third-order valence-corrected chi connectivity index (χ3v) is 5.75. The molecule has 2 aromatic carbocycles. The molecule has 0 atom stereocenters. The van der Waals surface area contributed by atoms with Crippen LogP contribution < -0.4 is 0 Å². The van der Waals surface area contributed by atoms with Gasteiger partial charge in [0.1, 0.15) is 5.75 Å². The molecular formula is C25H33Cl2NOZr. The van der Waals surface area contributed by atoms with Crippen molar-refractivity contribution in [3.63, 3.8) is 0 Å². The molecule has 1 N–H and O–H groups in total. The Bertz CT molecular complexity index is 727. The molecule has 0 aromatic heterocycles. The second-order valence-electron chi connectivity index (χ2n) is 7.91. The first-order valence-electron chi connectivity index (χ1n) is 11.1. The van der Waals surface area contributed by atoms with Crippen LogP contribution in [0, 0.1) is 0 Å². The molecule has 5 heteroatoms. The average molecular weight is 526 g/mol. The Morgan fingerprint density at radius 1 is 0.767 bits per heavy atom. The second-order valence-corrected chi connectivity index (χ2v) is 11.6. The van der Waals surface area contributed by atoms with Gasteiger partial charge in [-0.1, -0.05) is 88.1 Å². The molecule has 2 nitrogen and oxygen atoms in total. The summed E-state index contributed by atoms with van der Waals surface area (Å²) in [7, 11) is 9.87. The molecule has 30 heavy (non-hydrogen) atoms. The minimum atomic E-state index is -0.826. The summed E-state index contributed by atoms with van der Waals surface area (Å²) in [4.78, 5) is 4.52. The Kier molecular flexibility index (Phi) is 13.7. The fraction of sp³-hybridized carbons (Fsp3) is 0.480. The van der Waals surface area contributed by atoms with Gasteiger partial charge in [0.15, 0.2) is 0 Å². The van der Waals surface area contributed by atoms with Gasteiger partial charge in [-0.3, -0.25) is 4.99 Å². The van der Waals surface area contributed by atoms with Crippen LogP contribution in [-0.4, -0.2) is 11.3 Å². The number of halogens is 2. The Morgan fingerprint density at radius 2 is 1.30 bits per heavy atom. The van der Waals surface area contributed by atoms with Crippen LogP contribution in [0.4, 0.5) is 5.69 Å². The van der Waals surface area contributed by atoms with Gasteiger partial charge in [0.25, 0.3) is 0 Å². The Hall–Kier alpha value is -0.627. The van der Waals surface area contributed by atoms with E-state index in [4.69, 9.17) is 17.0 Å². The van der Waals surface area contributed by atoms with E-state index < -0.39 is 20.8 Å². The molecule has 0 saturated heterocycles. The molecule has 0 amide bonds. The van der Waals surface area contributed by atoms with Gasteiger partial charge in [0.05, 0.1) is 5.69 Å². The number of aromatic hydroxyl groups is 1. The monoisotopic (exact) mass is 523 g/mol. The van der Waals surface area contributed by atoms with Crippen LogP contribution in [0.2, 0.25) is 0 Å². The fourth-order valence-electron chi connectivity index (χ4n) is 4.15. The average Bonchev–Trinajstić information content (AvgIpc) is 2.75. The summed E-state index contributed by atoms with van der Waals surface area (Å²) < 4.78 is 0. The van der Waals surface area contributed by atoms with Gasteiger partial charge in [-0.25, -0.2) is 0 Å². The van der Waals surface area contributed by atoms with Crippen molar-refractivity contribution >= 4 is 28.9 Å². The number of para-hydroxylation sites is 2. The first-order valence-corrected chi connectivity index (χ1v) is 17.5. The molecule has 0 unspecified atom stereocenters. The zero-order valence-corrected chi connectivity index (χ0v) is 21.7. The summed E-state index contributed by atoms with van der Waals surface area (Å²) >= 11 is -0.826. The molecule has 0 radical (unpaired) electrons. The van der Waals surface area contributed by atoms with Crippen molar-refractivity contribution in [3.05, 3.63) is 59.7 Å². The van der Waals surface area contributed by atoms with E-state index in [1.165, 1.54) is 70.6 Å². The first-order chi connectivity index (χ1) is 14.8. The summed E-state index contributed by atoms with van der Waals surface area (Å²) in [6.07, 6.45) is 16.3. The summed E-state index contributed by atoms with van der Waals surface area (Å²) in [5, 5.41) is 10.9. The van der Waals surface area contributed by atoms with E-state index in [0.29, 0.717) is 11.7 Å². The van der Waals surface area contributed by atoms with Gasteiger partial charge in [-0.05, 0) is 42.5 Å². The van der Waals surface area contributed by atoms with Crippen molar-refractivity contribution in [2.75, 3.05) is 0 Å². The topological polar surface area (TPSA) is 32.6 Å². The Balaban J connectivity index is 0.00000101. The number of phenols is 1. The van der Waals surface area contributed by atoms with Crippen LogP contribution in [0.5, 0.6) is 5.75 Å². The number of aliphatic imine (C=N–C) groups is 1. The van der Waals surface area contributed by atoms with Crippen LogP contribution in [0.1, 0.15) is 87.7 Å². The van der Waals surface area contributed by atoms with Crippen molar-refractivity contribution in [2.45, 2.75) is 76.5 Å². The Morgan fingerprint density at radius 3 is 1.87 bits per heavy atom. The van der Waals surface area contributed by atoms with Crippen LogP contribution >= 0.6 is 17.0 Å². The van der Waals surface area contributed by atoms with Crippen LogP contribution in [0.15, 0.2) is 53.5 Å². The normalized spacial score (nSPS) is 16.7. The minimum absolute atomic E-state index is 0.425. The van der Waals surface area contributed by atoms with Crippen molar-refractivity contribution in [3.8, 4) is 5.75 Å². The van der Waals surface area contributed by atoms with Gasteiger partial charge < -0.3 is 5.11 Å². The number of nitrogens with zero attached hydrogens (tertiary/aromatic N) is 1. The summed E-state index contributed by atoms with van der Waals surface area (Å²) in [6, 6.07) is 16.0. The molecule has 1 aliphatic rings. The molecule has 0 spiro atoms.